The molecule has 1 aromatic rings. The molecule has 1 aliphatic heterocycles. The van der Waals surface area contributed by atoms with Crippen LogP contribution in [0, 0.1) is 18.7 Å². The molecule has 1 fully saturated rings. The number of ketones is 1. The number of halogens is 1. The Hall–Kier alpha value is -1.27. The third-order valence-corrected chi connectivity index (χ3v) is 5.19. The average molecular weight is 313 g/mol. The number of benzene rings is 1. The topological polar surface area (TPSA) is 54.5 Å². The minimum absolute atomic E-state index is 0.00494. The zero-order valence-corrected chi connectivity index (χ0v) is 13.1. The Morgan fingerprint density at radius 1 is 1.43 bits per heavy atom. The van der Waals surface area contributed by atoms with Crippen molar-refractivity contribution in [2.75, 3.05) is 19.3 Å². The van der Waals surface area contributed by atoms with Crippen molar-refractivity contribution in [3.8, 4) is 0 Å². The number of nitrogens with zero attached hydrogens (tertiary/aromatic N) is 1. The zero-order chi connectivity index (χ0) is 15.6. The second-order valence-corrected chi connectivity index (χ2v) is 7.70. The van der Waals surface area contributed by atoms with Crippen LogP contribution in [0.4, 0.5) is 4.39 Å². The summed E-state index contributed by atoms with van der Waals surface area (Å²) in [7, 11) is -3.21. The Bertz CT molecular complexity index is 642. The molecule has 0 saturated carbocycles. The van der Waals surface area contributed by atoms with E-state index in [4.69, 9.17) is 0 Å². The van der Waals surface area contributed by atoms with Gasteiger partial charge in [0.2, 0.25) is 10.0 Å². The van der Waals surface area contributed by atoms with Crippen LogP contribution in [-0.2, 0) is 10.0 Å². The number of carbonyl (C=O) groups is 1. The number of piperidine rings is 1. The maximum atomic E-state index is 13.5. The van der Waals surface area contributed by atoms with E-state index in [9.17, 15) is 17.6 Å². The Kier molecular flexibility index (Phi) is 4.78. The quantitative estimate of drug-likeness (QED) is 0.802. The number of sulfonamides is 1. The number of hydrogen-bond acceptors (Lipinski definition) is 3. The number of rotatable bonds is 4. The highest BCUT2D eigenvalue weighted by molar-refractivity contribution is 7.88. The van der Waals surface area contributed by atoms with E-state index in [0.29, 0.717) is 24.2 Å². The monoisotopic (exact) mass is 313 g/mol. The van der Waals surface area contributed by atoms with Gasteiger partial charge in [-0.05, 0) is 37.3 Å². The number of carbonyl (C=O) groups excluding carboxylic acids is 1. The van der Waals surface area contributed by atoms with Gasteiger partial charge in [-0.2, -0.15) is 0 Å². The van der Waals surface area contributed by atoms with Crippen molar-refractivity contribution in [2.45, 2.75) is 26.2 Å². The number of Topliss-reactive ketones (excluding diaryl/α,β-unsaturated/α-hetero) is 1. The van der Waals surface area contributed by atoms with Gasteiger partial charge in [0.25, 0.3) is 0 Å². The molecule has 0 aromatic heterocycles. The predicted octanol–water partition coefficient (Wildman–Crippen LogP) is 2.38. The lowest BCUT2D eigenvalue weighted by molar-refractivity contribution is 0.0942. The lowest BCUT2D eigenvalue weighted by atomic mass is 9.91. The molecule has 1 aromatic carbocycles. The van der Waals surface area contributed by atoms with Crippen LogP contribution in [0.3, 0.4) is 0 Å². The largest absolute Gasteiger partial charge is 0.294 e. The third kappa shape index (κ3) is 4.11. The molecule has 1 atom stereocenters. The van der Waals surface area contributed by atoms with Crippen LogP contribution in [0.5, 0.6) is 0 Å². The maximum Gasteiger partial charge on any atom is 0.211 e. The molecular weight excluding hydrogens is 293 g/mol. The molecule has 0 spiro atoms. The van der Waals surface area contributed by atoms with Gasteiger partial charge in [0.05, 0.1) is 6.26 Å². The summed E-state index contributed by atoms with van der Waals surface area (Å²) in [5, 5.41) is 0. The van der Waals surface area contributed by atoms with E-state index >= 15 is 0 Å². The molecule has 21 heavy (non-hydrogen) atoms. The summed E-state index contributed by atoms with van der Waals surface area (Å²) in [6.45, 7) is 2.54. The van der Waals surface area contributed by atoms with Crippen molar-refractivity contribution < 1.29 is 17.6 Å². The molecule has 1 saturated heterocycles. The standard InChI is InChI=1S/C15H20FNO3S/c1-11-5-6-13(9-14(11)16)15(18)8-12-4-3-7-17(10-12)21(2,19)20/h5-6,9,12H,3-4,7-8,10H2,1-2H3. The molecule has 1 unspecified atom stereocenters. The first-order valence-electron chi connectivity index (χ1n) is 7.02. The van der Waals surface area contributed by atoms with E-state index in [1.54, 1.807) is 19.1 Å². The van der Waals surface area contributed by atoms with Crippen molar-refractivity contribution in [2.24, 2.45) is 5.92 Å². The molecule has 1 heterocycles. The molecule has 0 aliphatic carbocycles. The van der Waals surface area contributed by atoms with Crippen LogP contribution in [0.2, 0.25) is 0 Å². The summed E-state index contributed by atoms with van der Waals surface area (Å²) in [6.07, 6.45) is 3.03. The predicted molar refractivity (Wildman–Crippen MR) is 79.2 cm³/mol. The van der Waals surface area contributed by atoms with Gasteiger partial charge in [-0.15, -0.1) is 0 Å². The minimum atomic E-state index is -3.21. The van der Waals surface area contributed by atoms with Gasteiger partial charge in [0, 0.05) is 25.1 Å². The van der Waals surface area contributed by atoms with Gasteiger partial charge in [0.1, 0.15) is 5.82 Å². The molecule has 1 aliphatic rings. The van der Waals surface area contributed by atoms with E-state index in [-0.39, 0.29) is 23.9 Å². The summed E-state index contributed by atoms with van der Waals surface area (Å²) in [4.78, 5) is 12.2. The van der Waals surface area contributed by atoms with E-state index in [1.807, 2.05) is 0 Å². The Balaban J connectivity index is 2.03. The molecule has 116 valence electrons. The number of hydrogen-bond donors (Lipinski definition) is 0. The van der Waals surface area contributed by atoms with Crippen molar-refractivity contribution >= 4 is 15.8 Å². The summed E-state index contributed by atoms with van der Waals surface area (Å²) in [6, 6.07) is 4.47. The Labute approximate surface area is 125 Å². The van der Waals surface area contributed by atoms with Gasteiger partial charge in [-0.3, -0.25) is 4.79 Å². The van der Waals surface area contributed by atoms with Crippen molar-refractivity contribution in [3.05, 3.63) is 35.1 Å². The lowest BCUT2D eigenvalue weighted by Gasteiger charge is -2.30. The summed E-state index contributed by atoms with van der Waals surface area (Å²) >= 11 is 0. The fourth-order valence-electron chi connectivity index (χ4n) is 2.64. The first kappa shape index (κ1) is 16.1. The molecule has 0 radical (unpaired) electrons. The van der Waals surface area contributed by atoms with Crippen LogP contribution < -0.4 is 0 Å². The van der Waals surface area contributed by atoms with E-state index < -0.39 is 10.0 Å². The molecule has 6 heteroatoms. The van der Waals surface area contributed by atoms with Gasteiger partial charge >= 0.3 is 0 Å². The smallest absolute Gasteiger partial charge is 0.211 e. The van der Waals surface area contributed by atoms with Gasteiger partial charge in [-0.25, -0.2) is 17.1 Å². The zero-order valence-electron chi connectivity index (χ0n) is 12.3. The molecule has 0 amide bonds. The first-order chi connectivity index (χ1) is 9.77. The molecule has 0 bridgehead atoms. The SMILES string of the molecule is Cc1ccc(C(=O)CC2CCCN(S(C)(=O)=O)C2)cc1F. The van der Waals surface area contributed by atoms with Gasteiger partial charge < -0.3 is 0 Å². The molecule has 4 nitrogen and oxygen atoms in total. The third-order valence-electron chi connectivity index (χ3n) is 3.92. The summed E-state index contributed by atoms with van der Waals surface area (Å²) in [5.41, 5.74) is 0.863. The second kappa shape index (κ2) is 6.23. The highest BCUT2D eigenvalue weighted by Gasteiger charge is 2.27. The summed E-state index contributed by atoms with van der Waals surface area (Å²) < 4.78 is 38.0. The Morgan fingerprint density at radius 3 is 2.76 bits per heavy atom. The maximum absolute atomic E-state index is 13.5. The van der Waals surface area contributed by atoms with Crippen molar-refractivity contribution in [1.29, 1.82) is 0 Å². The summed E-state index contributed by atoms with van der Waals surface area (Å²) in [5.74, 6) is -0.512. The fourth-order valence-corrected chi connectivity index (χ4v) is 3.58. The van der Waals surface area contributed by atoms with Gasteiger partial charge in [0.15, 0.2) is 5.78 Å². The highest BCUT2D eigenvalue weighted by atomic mass is 32.2. The van der Waals surface area contributed by atoms with E-state index in [0.717, 1.165) is 12.8 Å². The van der Waals surface area contributed by atoms with Crippen LogP contribution in [0.15, 0.2) is 18.2 Å². The fraction of sp³-hybridized carbons (Fsp3) is 0.533. The highest BCUT2D eigenvalue weighted by Crippen LogP contribution is 2.23. The Morgan fingerprint density at radius 2 is 2.14 bits per heavy atom. The van der Waals surface area contributed by atoms with Crippen LogP contribution >= 0.6 is 0 Å². The van der Waals surface area contributed by atoms with Crippen molar-refractivity contribution in [1.82, 2.24) is 4.31 Å². The number of aryl methyl sites for hydroxylation is 1. The van der Waals surface area contributed by atoms with Crippen LogP contribution in [0.25, 0.3) is 0 Å². The second-order valence-electron chi connectivity index (χ2n) is 5.72. The molecule has 0 N–H and O–H groups in total. The first-order valence-corrected chi connectivity index (χ1v) is 8.86. The van der Waals surface area contributed by atoms with E-state index in [1.165, 1.54) is 16.6 Å². The van der Waals surface area contributed by atoms with Crippen molar-refractivity contribution in [3.63, 3.8) is 0 Å². The molecular formula is C15H20FNO3S. The van der Waals surface area contributed by atoms with Gasteiger partial charge in [-0.1, -0.05) is 12.1 Å². The normalized spacial score (nSPS) is 20.4. The van der Waals surface area contributed by atoms with E-state index in [2.05, 4.69) is 0 Å². The van der Waals surface area contributed by atoms with Crippen LogP contribution in [0.1, 0.15) is 35.2 Å². The lowest BCUT2D eigenvalue weighted by Crippen LogP contribution is -2.39. The van der Waals surface area contributed by atoms with Crippen LogP contribution in [-0.4, -0.2) is 37.9 Å². The minimum Gasteiger partial charge on any atom is -0.294 e. The molecule has 2 rings (SSSR count). The average Bonchev–Trinajstić information content (AvgIpc) is 2.41.